The second-order valence-electron chi connectivity index (χ2n) is 4.81. The lowest BCUT2D eigenvalue weighted by atomic mass is 10.00. The van der Waals surface area contributed by atoms with Gasteiger partial charge >= 0.3 is 12.0 Å². The summed E-state index contributed by atoms with van der Waals surface area (Å²) < 4.78 is 5.47. The van der Waals surface area contributed by atoms with Crippen LogP contribution in [-0.2, 0) is 9.53 Å². The summed E-state index contributed by atoms with van der Waals surface area (Å²) in [5.74, 6) is -1.03. The van der Waals surface area contributed by atoms with Crippen molar-refractivity contribution in [2.24, 2.45) is 0 Å². The molecule has 1 aliphatic rings. The Hall–Kier alpha value is -1.30. The molecule has 0 spiro atoms. The Labute approximate surface area is 107 Å². The molecule has 0 aromatic carbocycles. The van der Waals surface area contributed by atoms with Gasteiger partial charge in [0.25, 0.3) is 0 Å². The molecule has 0 radical (unpaired) electrons. The summed E-state index contributed by atoms with van der Waals surface area (Å²) in [5, 5.41) is 14.2. The fourth-order valence-corrected chi connectivity index (χ4v) is 1.76. The van der Waals surface area contributed by atoms with Crippen molar-refractivity contribution in [3.63, 3.8) is 0 Å². The van der Waals surface area contributed by atoms with Crippen LogP contribution in [0.5, 0.6) is 0 Å². The number of hydrogen-bond donors (Lipinski definition) is 3. The molecule has 0 aromatic heterocycles. The maximum Gasteiger partial charge on any atom is 0.329 e. The number of carbonyl (C=O) groups excluding carboxylic acids is 1. The Morgan fingerprint density at radius 3 is 2.67 bits per heavy atom. The van der Waals surface area contributed by atoms with E-state index in [9.17, 15) is 9.59 Å². The number of carboxylic acids is 1. The average molecular weight is 258 g/mol. The zero-order valence-corrected chi connectivity index (χ0v) is 11.0. The molecule has 0 saturated carbocycles. The van der Waals surface area contributed by atoms with E-state index in [1.807, 2.05) is 0 Å². The molecule has 3 N–H and O–H groups in total. The SMILES string of the molecule is CCC(C)(NC(=O)NCC1CCCCO1)C(=O)O. The minimum absolute atomic E-state index is 0.0437. The molecule has 2 unspecified atom stereocenters. The first kappa shape index (κ1) is 14.8. The molecule has 1 heterocycles. The van der Waals surface area contributed by atoms with Crippen molar-refractivity contribution in [1.29, 1.82) is 0 Å². The van der Waals surface area contributed by atoms with Gasteiger partial charge in [0.05, 0.1) is 6.10 Å². The largest absolute Gasteiger partial charge is 0.480 e. The maximum atomic E-state index is 11.6. The monoisotopic (exact) mass is 258 g/mol. The molecular weight excluding hydrogens is 236 g/mol. The van der Waals surface area contributed by atoms with Crippen molar-refractivity contribution in [3.8, 4) is 0 Å². The number of ether oxygens (including phenoxy) is 1. The average Bonchev–Trinajstić information content (AvgIpc) is 2.37. The van der Waals surface area contributed by atoms with Crippen LogP contribution in [-0.4, -0.2) is 41.9 Å². The lowest BCUT2D eigenvalue weighted by Gasteiger charge is -2.26. The summed E-state index contributed by atoms with van der Waals surface area (Å²) in [6, 6.07) is -0.462. The van der Waals surface area contributed by atoms with Crippen LogP contribution in [0.4, 0.5) is 4.79 Å². The van der Waals surface area contributed by atoms with Gasteiger partial charge in [0.1, 0.15) is 5.54 Å². The van der Waals surface area contributed by atoms with Gasteiger partial charge in [0.2, 0.25) is 0 Å². The zero-order chi connectivity index (χ0) is 13.6. The highest BCUT2D eigenvalue weighted by molar-refractivity contribution is 5.85. The first-order valence-electron chi connectivity index (χ1n) is 6.39. The van der Waals surface area contributed by atoms with Crippen LogP contribution in [0.1, 0.15) is 39.5 Å². The van der Waals surface area contributed by atoms with Crippen molar-refractivity contribution in [3.05, 3.63) is 0 Å². The molecule has 1 fully saturated rings. The van der Waals surface area contributed by atoms with Crippen molar-refractivity contribution in [2.45, 2.75) is 51.2 Å². The highest BCUT2D eigenvalue weighted by atomic mass is 16.5. The van der Waals surface area contributed by atoms with Gasteiger partial charge < -0.3 is 20.5 Å². The van der Waals surface area contributed by atoms with Gasteiger partial charge in [-0.3, -0.25) is 0 Å². The Balaban J connectivity index is 2.34. The van der Waals surface area contributed by atoms with Crippen LogP contribution in [0.15, 0.2) is 0 Å². The van der Waals surface area contributed by atoms with E-state index in [2.05, 4.69) is 10.6 Å². The highest BCUT2D eigenvalue weighted by Crippen LogP contribution is 2.12. The third-order valence-corrected chi connectivity index (χ3v) is 3.33. The maximum absolute atomic E-state index is 11.6. The van der Waals surface area contributed by atoms with Gasteiger partial charge in [-0.15, -0.1) is 0 Å². The quantitative estimate of drug-likeness (QED) is 0.689. The number of carboxylic acid groups (broad SMARTS) is 1. The number of rotatable bonds is 5. The second kappa shape index (κ2) is 6.58. The summed E-state index contributed by atoms with van der Waals surface area (Å²) in [6.45, 7) is 4.37. The molecule has 0 bridgehead atoms. The van der Waals surface area contributed by atoms with Crippen LogP contribution in [0.25, 0.3) is 0 Å². The number of amides is 2. The highest BCUT2D eigenvalue weighted by Gasteiger charge is 2.32. The number of nitrogens with one attached hydrogen (secondary N) is 2. The summed E-state index contributed by atoms with van der Waals surface area (Å²) in [7, 11) is 0. The van der Waals surface area contributed by atoms with Crippen molar-refractivity contribution in [1.82, 2.24) is 10.6 Å². The number of urea groups is 1. The van der Waals surface area contributed by atoms with Crippen LogP contribution >= 0.6 is 0 Å². The lowest BCUT2D eigenvalue weighted by Crippen LogP contribution is -2.55. The predicted octanol–water partition coefficient (Wildman–Crippen LogP) is 1.11. The first-order chi connectivity index (χ1) is 8.48. The van der Waals surface area contributed by atoms with Crippen LogP contribution in [0, 0.1) is 0 Å². The molecule has 0 aliphatic carbocycles. The van der Waals surface area contributed by atoms with E-state index >= 15 is 0 Å². The topological polar surface area (TPSA) is 87.7 Å². The third-order valence-electron chi connectivity index (χ3n) is 3.33. The summed E-state index contributed by atoms with van der Waals surface area (Å²) in [4.78, 5) is 22.7. The van der Waals surface area contributed by atoms with Crippen LogP contribution in [0.2, 0.25) is 0 Å². The third kappa shape index (κ3) is 4.18. The summed E-state index contributed by atoms with van der Waals surface area (Å²) in [5.41, 5.74) is -1.22. The number of carbonyl (C=O) groups is 2. The van der Waals surface area contributed by atoms with E-state index in [1.165, 1.54) is 6.92 Å². The second-order valence-corrected chi connectivity index (χ2v) is 4.81. The molecule has 2 atom stereocenters. The molecule has 1 saturated heterocycles. The molecule has 18 heavy (non-hydrogen) atoms. The Morgan fingerprint density at radius 1 is 1.44 bits per heavy atom. The molecule has 0 aromatic rings. The molecule has 6 nitrogen and oxygen atoms in total. The molecule has 1 rings (SSSR count). The minimum Gasteiger partial charge on any atom is -0.480 e. The molecule has 1 aliphatic heterocycles. The first-order valence-corrected chi connectivity index (χ1v) is 6.39. The molecular formula is C12H22N2O4. The van der Waals surface area contributed by atoms with E-state index in [-0.39, 0.29) is 6.10 Å². The van der Waals surface area contributed by atoms with E-state index < -0.39 is 17.5 Å². The number of hydrogen-bond acceptors (Lipinski definition) is 3. The van der Waals surface area contributed by atoms with E-state index in [0.717, 1.165) is 25.9 Å². The van der Waals surface area contributed by atoms with Crippen LogP contribution < -0.4 is 10.6 Å². The molecule has 2 amide bonds. The Kier molecular flexibility index (Phi) is 5.40. The van der Waals surface area contributed by atoms with Crippen molar-refractivity contribution in [2.75, 3.05) is 13.2 Å². The van der Waals surface area contributed by atoms with Gasteiger partial charge in [0.15, 0.2) is 0 Å². The summed E-state index contributed by atoms with van der Waals surface area (Å²) in [6.07, 6.45) is 3.48. The molecule has 6 heteroatoms. The van der Waals surface area contributed by atoms with E-state index in [4.69, 9.17) is 9.84 Å². The normalized spacial score (nSPS) is 22.9. The molecule has 104 valence electrons. The minimum atomic E-state index is -1.22. The van der Waals surface area contributed by atoms with Gasteiger partial charge in [-0.05, 0) is 32.6 Å². The van der Waals surface area contributed by atoms with Gasteiger partial charge in [-0.2, -0.15) is 0 Å². The predicted molar refractivity (Wildman–Crippen MR) is 66.5 cm³/mol. The smallest absolute Gasteiger partial charge is 0.329 e. The fraction of sp³-hybridized carbons (Fsp3) is 0.833. The van der Waals surface area contributed by atoms with E-state index in [0.29, 0.717) is 13.0 Å². The lowest BCUT2D eigenvalue weighted by molar-refractivity contribution is -0.143. The standard InChI is InChI=1S/C12H22N2O4/c1-3-12(2,10(15)16)14-11(17)13-8-9-6-4-5-7-18-9/h9H,3-8H2,1-2H3,(H,15,16)(H2,13,14,17). The van der Waals surface area contributed by atoms with Gasteiger partial charge in [-0.25, -0.2) is 9.59 Å². The number of aliphatic carboxylic acids is 1. The van der Waals surface area contributed by atoms with Crippen molar-refractivity contribution >= 4 is 12.0 Å². The zero-order valence-electron chi connectivity index (χ0n) is 11.0. The van der Waals surface area contributed by atoms with E-state index in [1.54, 1.807) is 6.92 Å². The fourth-order valence-electron chi connectivity index (χ4n) is 1.76. The Morgan fingerprint density at radius 2 is 2.17 bits per heavy atom. The van der Waals surface area contributed by atoms with Gasteiger partial charge in [0, 0.05) is 13.2 Å². The van der Waals surface area contributed by atoms with Crippen molar-refractivity contribution < 1.29 is 19.4 Å². The Bertz CT molecular complexity index is 302. The van der Waals surface area contributed by atoms with Crippen LogP contribution in [0.3, 0.4) is 0 Å². The van der Waals surface area contributed by atoms with Gasteiger partial charge in [-0.1, -0.05) is 6.92 Å². The summed E-state index contributed by atoms with van der Waals surface area (Å²) >= 11 is 0.